The van der Waals surface area contributed by atoms with E-state index in [1.165, 1.54) is 24.4 Å². The van der Waals surface area contributed by atoms with Gasteiger partial charge in [-0.15, -0.1) is 0 Å². The maximum absolute atomic E-state index is 13.0. The first-order valence-electron chi connectivity index (χ1n) is 5.13. The Morgan fingerprint density at radius 3 is 2.84 bits per heavy atom. The van der Waals surface area contributed by atoms with Crippen molar-refractivity contribution >= 4 is 27.5 Å². The predicted molar refractivity (Wildman–Crippen MR) is 67.3 cm³/mol. The Labute approximate surface area is 115 Å². The Morgan fingerprint density at radius 2 is 2.26 bits per heavy atom. The quantitative estimate of drug-likeness (QED) is 0.491. The van der Waals surface area contributed by atoms with E-state index in [2.05, 4.69) is 21.0 Å². The van der Waals surface area contributed by atoms with E-state index in [4.69, 9.17) is 0 Å². The fourth-order valence-electron chi connectivity index (χ4n) is 1.49. The highest BCUT2D eigenvalue weighted by Gasteiger charge is 2.20. The van der Waals surface area contributed by atoms with E-state index < -0.39 is 10.7 Å². The minimum atomic E-state index is -0.659. The van der Waals surface area contributed by atoms with Crippen LogP contribution < -0.4 is 0 Å². The minimum Gasteiger partial charge on any atom is -0.358 e. The number of nitrogens with zero attached hydrogens (tertiary/aromatic N) is 3. The van der Waals surface area contributed by atoms with Crippen molar-refractivity contribution in [2.24, 2.45) is 0 Å². The normalized spacial score (nSPS) is 10.4. The van der Waals surface area contributed by atoms with Gasteiger partial charge in [-0.25, -0.2) is 4.39 Å². The fraction of sp³-hybridized carbons (Fsp3) is 0.0909. The van der Waals surface area contributed by atoms with Crippen LogP contribution in [0.25, 0.3) is 0 Å². The molecule has 0 amide bonds. The third-order valence-electron chi connectivity index (χ3n) is 2.32. The Balaban J connectivity index is 2.20. The van der Waals surface area contributed by atoms with Gasteiger partial charge in [0.25, 0.3) is 0 Å². The highest BCUT2D eigenvalue weighted by Crippen LogP contribution is 2.22. The molecular formula is C11H7BrFN3O3. The number of ketones is 1. The highest BCUT2D eigenvalue weighted by atomic mass is 79.9. The molecule has 0 radical (unpaired) electrons. The van der Waals surface area contributed by atoms with E-state index in [0.717, 1.165) is 10.7 Å². The number of Topliss-reactive ketones (excluding diaryl/α,β-unsaturated/α-hetero) is 1. The summed E-state index contributed by atoms with van der Waals surface area (Å²) >= 11 is 2.98. The molecule has 6 nitrogen and oxygen atoms in total. The second-order valence-electron chi connectivity index (χ2n) is 3.69. The number of carbonyl (C=O) groups is 1. The summed E-state index contributed by atoms with van der Waals surface area (Å²) in [6, 6.07) is 5.23. The van der Waals surface area contributed by atoms with Crippen LogP contribution in [-0.2, 0) is 6.54 Å². The van der Waals surface area contributed by atoms with Crippen LogP contribution in [0.2, 0.25) is 0 Å². The first-order chi connectivity index (χ1) is 8.97. The van der Waals surface area contributed by atoms with Gasteiger partial charge < -0.3 is 10.1 Å². The Kier molecular flexibility index (Phi) is 3.70. The Hall–Kier alpha value is -2.09. The predicted octanol–water partition coefficient (Wildman–Crippen LogP) is 2.58. The van der Waals surface area contributed by atoms with Crippen molar-refractivity contribution in [2.75, 3.05) is 0 Å². The topological polar surface area (TPSA) is 78.0 Å². The zero-order valence-corrected chi connectivity index (χ0v) is 11.0. The van der Waals surface area contributed by atoms with Gasteiger partial charge >= 0.3 is 5.82 Å². The molecule has 0 N–H and O–H groups in total. The molecule has 0 spiro atoms. The lowest BCUT2D eigenvalue weighted by molar-refractivity contribution is -0.390. The number of benzene rings is 1. The lowest BCUT2D eigenvalue weighted by Gasteiger charge is -1.98. The van der Waals surface area contributed by atoms with Crippen LogP contribution in [0, 0.1) is 15.9 Å². The second-order valence-corrected chi connectivity index (χ2v) is 4.54. The summed E-state index contributed by atoms with van der Waals surface area (Å²) in [7, 11) is 0. The second kappa shape index (κ2) is 5.27. The van der Waals surface area contributed by atoms with Crippen molar-refractivity contribution in [2.45, 2.75) is 6.54 Å². The number of carbonyl (C=O) groups excluding carboxylic acids is 1. The molecule has 1 aromatic carbocycles. The molecule has 0 saturated carbocycles. The summed E-state index contributed by atoms with van der Waals surface area (Å²) in [4.78, 5) is 21.8. The van der Waals surface area contributed by atoms with Crippen molar-refractivity contribution in [1.82, 2.24) is 9.78 Å². The van der Waals surface area contributed by atoms with Gasteiger partial charge in [-0.05, 0) is 33.0 Å². The average Bonchev–Trinajstić information content (AvgIpc) is 2.70. The molecule has 0 aliphatic carbocycles. The van der Waals surface area contributed by atoms with Crippen molar-refractivity contribution in [1.29, 1.82) is 0 Å². The van der Waals surface area contributed by atoms with E-state index in [1.807, 2.05) is 0 Å². The van der Waals surface area contributed by atoms with E-state index in [0.29, 0.717) is 0 Å². The van der Waals surface area contributed by atoms with Crippen LogP contribution in [0.5, 0.6) is 0 Å². The lowest BCUT2D eigenvalue weighted by Crippen LogP contribution is -2.11. The summed E-state index contributed by atoms with van der Waals surface area (Å²) in [6.07, 6.45) is 1.33. The molecule has 2 aromatic rings. The van der Waals surface area contributed by atoms with Gasteiger partial charge in [-0.2, -0.15) is 4.68 Å². The summed E-state index contributed by atoms with van der Waals surface area (Å²) in [5.74, 6) is -1.27. The third kappa shape index (κ3) is 3.02. The van der Waals surface area contributed by atoms with Crippen LogP contribution in [0.4, 0.5) is 10.2 Å². The van der Waals surface area contributed by atoms with Crippen LogP contribution in [0.1, 0.15) is 10.4 Å². The smallest absolute Gasteiger partial charge is 0.358 e. The van der Waals surface area contributed by atoms with Crippen molar-refractivity contribution in [3.8, 4) is 0 Å². The molecule has 1 heterocycles. The van der Waals surface area contributed by atoms with Crippen LogP contribution >= 0.6 is 15.9 Å². The van der Waals surface area contributed by atoms with Gasteiger partial charge in [0.05, 0.1) is 11.3 Å². The van der Waals surface area contributed by atoms with Gasteiger partial charge in [-0.3, -0.25) is 4.79 Å². The first-order valence-corrected chi connectivity index (χ1v) is 5.93. The van der Waals surface area contributed by atoms with Crippen LogP contribution in [0.15, 0.2) is 34.9 Å². The molecule has 0 fully saturated rings. The first kappa shape index (κ1) is 13.3. The molecule has 19 heavy (non-hydrogen) atoms. The van der Waals surface area contributed by atoms with Gasteiger partial charge in [0.1, 0.15) is 16.8 Å². The average molecular weight is 328 g/mol. The molecule has 0 bridgehead atoms. The van der Waals surface area contributed by atoms with Gasteiger partial charge in [-0.1, -0.05) is 12.1 Å². The molecule has 1 aromatic heterocycles. The van der Waals surface area contributed by atoms with Crippen LogP contribution in [-0.4, -0.2) is 20.5 Å². The molecule has 2 rings (SSSR count). The monoisotopic (exact) mass is 327 g/mol. The number of aromatic nitrogens is 2. The number of nitro groups is 1. The maximum atomic E-state index is 13.0. The Bertz CT molecular complexity index is 656. The third-order valence-corrected chi connectivity index (χ3v) is 2.88. The summed E-state index contributed by atoms with van der Waals surface area (Å²) < 4.78 is 14.3. The zero-order valence-electron chi connectivity index (χ0n) is 9.42. The molecule has 0 aliphatic rings. The van der Waals surface area contributed by atoms with Crippen molar-refractivity contribution in [3.05, 3.63) is 56.4 Å². The number of hydrogen-bond donors (Lipinski definition) is 0. The lowest BCUT2D eigenvalue weighted by atomic mass is 10.1. The van der Waals surface area contributed by atoms with E-state index in [-0.39, 0.29) is 28.2 Å². The summed E-state index contributed by atoms with van der Waals surface area (Å²) in [5, 5.41) is 14.3. The van der Waals surface area contributed by atoms with E-state index in [1.54, 1.807) is 0 Å². The van der Waals surface area contributed by atoms with Gasteiger partial charge in [0.15, 0.2) is 5.78 Å². The molecule has 98 valence electrons. The number of halogens is 2. The Morgan fingerprint density at radius 1 is 1.53 bits per heavy atom. The minimum absolute atomic E-state index is 0.185. The summed E-state index contributed by atoms with van der Waals surface area (Å²) in [6.45, 7) is -0.199. The van der Waals surface area contributed by atoms with E-state index in [9.17, 15) is 19.3 Å². The van der Waals surface area contributed by atoms with E-state index >= 15 is 0 Å². The van der Waals surface area contributed by atoms with Gasteiger partial charge in [0.2, 0.25) is 0 Å². The largest absolute Gasteiger partial charge is 0.404 e. The number of hydrogen-bond acceptors (Lipinski definition) is 4. The fourth-order valence-corrected chi connectivity index (χ4v) is 1.95. The molecule has 0 saturated heterocycles. The molecular weight excluding hydrogens is 321 g/mol. The SMILES string of the molecule is O=C(Cn1cc(Br)c([N+](=O)[O-])n1)c1cccc(F)c1. The zero-order chi connectivity index (χ0) is 14.0. The maximum Gasteiger partial charge on any atom is 0.404 e. The molecule has 0 atom stereocenters. The number of rotatable bonds is 4. The van der Waals surface area contributed by atoms with Crippen molar-refractivity contribution in [3.63, 3.8) is 0 Å². The molecule has 8 heteroatoms. The summed E-state index contributed by atoms with van der Waals surface area (Å²) in [5.41, 5.74) is 0.189. The molecule has 0 unspecified atom stereocenters. The molecule has 0 aliphatic heterocycles. The van der Waals surface area contributed by atoms with Crippen LogP contribution in [0.3, 0.4) is 0 Å². The van der Waals surface area contributed by atoms with Gasteiger partial charge in [0, 0.05) is 5.56 Å². The standard InChI is InChI=1S/C11H7BrFN3O3/c12-9-5-15(14-11(9)16(18)19)6-10(17)7-2-1-3-8(13)4-7/h1-5H,6H2. The van der Waals surface area contributed by atoms with Crippen molar-refractivity contribution < 1.29 is 14.1 Å². The highest BCUT2D eigenvalue weighted by molar-refractivity contribution is 9.10.